The molecule has 2 aliphatic rings. The highest BCUT2D eigenvalue weighted by atomic mass is 19.1. The first-order valence-corrected chi connectivity index (χ1v) is 7.30. The van der Waals surface area contributed by atoms with E-state index in [0.717, 1.165) is 44.1 Å². The molecule has 98 valence electrons. The van der Waals surface area contributed by atoms with E-state index >= 15 is 0 Å². The zero-order valence-electron chi connectivity index (χ0n) is 11.0. The van der Waals surface area contributed by atoms with E-state index in [1.165, 1.54) is 30.4 Å². The van der Waals surface area contributed by atoms with Gasteiger partial charge in [-0.15, -0.1) is 0 Å². The molecule has 1 aromatic carbocycles. The fourth-order valence-corrected chi connectivity index (χ4v) is 3.59. The molecule has 0 atom stereocenters. The number of fused-ring (bicyclic) bond motifs is 1. The molecule has 0 aromatic heterocycles. The molecular weight excluding hydrogens is 225 g/mol. The van der Waals surface area contributed by atoms with Crippen molar-refractivity contribution >= 4 is 0 Å². The molecule has 2 N–H and O–H groups in total. The summed E-state index contributed by atoms with van der Waals surface area (Å²) < 4.78 is 14.3. The molecule has 0 aliphatic heterocycles. The van der Waals surface area contributed by atoms with Crippen LogP contribution in [0.15, 0.2) is 12.1 Å². The summed E-state index contributed by atoms with van der Waals surface area (Å²) in [6.45, 7) is 0. The molecule has 1 aromatic rings. The van der Waals surface area contributed by atoms with Crippen molar-refractivity contribution in [2.24, 2.45) is 5.73 Å². The van der Waals surface area contributed by atoms with E-state index in [9.17, 15) is 4.39 Å². The lowest BCUT2D eigenvalue weighted by molar-refractivity contribution is 0.292. The summed E-state index contributed by atoms with van der Waals surface area (Å²) in [4.78, 5) is 0. The van der Waals surface area contributed by atoms with E-state index in [1.54, 1.807) is 6.07 Å². The second kappa shape index (κ2) is 4.65. The van der Waals surface area contributed by atoms with Gasteiger partial charge >= 0.3 is 0 Å². The van der Waals surface area contributed by atoms with Crippen molar-refractivity contribution in [3.8, 4) is 0 Å². The van der Waals surface area contributed by atoms with Gasteiger partial charge in [-0.25, -0.2) is 4.39 Å². The third-order valence-corrected chi connectivity index (χ3v) is 4.71. The van der Waals surface area contributed by atoms with Crippen LogP contribution in [0.5, 0.6) is 0 Å². The van der Waals surface area contributed by atoms with E-state index in [0.29, 0.717) is 0 Å². The highest BCUT2D eigenvalue weighted by Crippen LogP contribution is 2.38. The van der Waals surface area contributed by atoms with Crippen LogP contribution >= 0.6 is 0 Å². The van der Waals surface area contributed by atoms with Crippen LogP contribution in [-0.4, -0.2) is 0 Å². The second-order valence-corrected chi connectivity index (χ2v) is 6.02. The van der Waals surface area contributed by atoms with Gasteiger partial charge in [-0.3, -0.25) is 0 Å². The Kier molecular flexibility index (Phi) is 3.14. The smallest absolute Gasteiger partial charge is 0.128 e. The average molecular weight is 247 g/mol. The zero-order chi connectivity index (χ0) is 12.6. The maximum absolute atomic E-state index is 14.3. The van der Waals surface area contributed by atoms with Gasteiger partial charge in [0.25, 0.3) is 0 Å². The van der Waals surface area contributed by atoms with Gasteiger partial charge in [-0.2, -0.15) is 0 Å². The van der Waals surface area contributed by atoms with Gasteiger partial charge in [0, 0.05) is 11.1 Å². The lowest BCUT2D eigenvalue weighted by atomic mass is 9.75. The summed E-state index contributed by atoms with van der Waals surface area (Å²) in [5.74, 6) is -0.0694. The molecule has 0 heterocycles. The molecule has 0 bridgehead atoms. The number of aryl methyl sites for hydroxylation is 2. The molecule has 0 radical (unpaired) electrons. The Morgan fingerprint density at radius 1 is 0.889 bits per heavy atom. The average Bonchev–Trinajstić information content (AvgIpc) is 2.38. The van der Waals surface area contributed by atoms with E-state index in [2.05, 4.69) is 6.07 Å². The Balaban J connectivity index is 2.00. The number of halogens is 1. The molecule has 0 unspecified atom stereocenters. The Bertz CT molecular complexity index is 447. The summed E-state index contributed by atoms with van der Waals surface area (Å²) in [6, 6.07) is 3.84. The van der Waals surface area contributed by atoms with Crippen LogP contribution in [0.3, 0.4) is 0 Å². The summed E-state index contributed by atoms with van der Waals surface area (Å²) in [7, 11) is 0. The standard InChI is InChI=1S/C16H22FN/c17-15-11-13-7-3-2-6-12(13)10-14(15)16(18)8-4-1-5-9-16/h10-11H,1-9,18H2. The van der Waals surface area contributed by atoms with Crippen LogP contribution < -0.4 is 5.73 Å². The van der Waals surface area contributed by atoms with E-state index < -0.39 is 5.54 Å². The van der Waals surface area contributed by atoms with Gasteiger partial charge in [-0.05, 0) is 55.7 Å². The predicted molar refractivity (Wildman–Crippen MR) is 72.0 cm³/mol. The molecule has 1 fully saturated rings. The minimum atomic E-state index is -0.408. The highest BCUT2D eigenvalue weighted by Gasteiger charge is 2.32. The van der Waals surface area contributed by atoms with Gasteiger partial charge < -0.3 is 5.73 Å². The summed E-state index contributed by atoms with van der Waals surface area (Å²) in [5, 5.41) is 0. The van der Waals surface area contributed by atoms with Gasteiger partial charge in [0.2, 0.25) is 0 Å². The van der Waals surface area contributed by atoms with E-state index in [4.69, 9.17) is 5.73 Å². The monoisotopic (exact) mass is 247 g/mol. The summed E-state index contributed by atoms with van der Waals surface area (Å²) in [6.07, 6.45) is 9.93. The lowest BCUT2D eigenvalue weighted by Crippen LogP contribution is -2.39. The van der Waals surface area contributed by atoms with Gasteiger partial charge in [0.15, 0.2) is 0 Å². The van der Waals surface area contributed by atoms with Crippen LogP contribution in [0.4, 0.5) is 4.39 Å². The van der Waals surface area contributed by atoms with Crippen LogP contribution in [0, 0.1) is 5.82 Å². The first-order valence-electron chi connectivity index (χ1n) is 7.30. The predicted octanol–water partition coefficient (Wildman–Crippen LogP) is 3.82. The molecule has 2 heteroatoms. The number of rotatable bonds is 1. The van der Waals surface area contributed by atoms with Crippen LogP contribution in [0.25, 0.3) is 0 Å². The number of benzene rings is 1. The van der Waals surface area contributed by atoms with Crippen LogP contribution in [-0.2, 0) is 18.4 Å². The van der Waals surface area contributed by atoms with E-state index in [1.807, 2.05) is 0 Å². The molecule has 0 saturated heterocycles. The SMILES string of the molecule is NC1(c2cc3c(cc2F)CCCC3)CCCCC1. The molecule has 3 rings (SSSR count). The lowest BCUT2D eigenvalue weighted by Gasteiger charge is -2.35. The molecule has 1 saturated carbocycles. The van der Waals surface area contributed by atoms with Gasteiger partial charge in [0.05, 0.1) is 0 Å². The maximum atomic E-state index is 14.3. The van der Waals surface area contributed by atoms with Crippen molar-refractivity contribution in [2.75, 3.05) is 0 Å². The van der Waals surface area contributed by atoms with Crippen LogP contribution in [0.1, 0.15) is 61.6 Å². The van der Waals surface area contributed by atoms with Crippen molar-refractivity contribution in [3.63, 3.8) is 0 Å². The van der Waals surface area contributed by atoms with Crippen molar-refractivity contribution in [1.82, 2.24) is 0 Å². The normalized spacial score (nSPS) is 22.6. The molecule has 2 aliphatic carbocycles. The third-order valence-electron chi connectivity index (χ3n) is 4.71. The minimum Gasteiger partial charge on any atom is -0.321 e. The highest BCUT2D eigenvalue weighted by molar-refractivity contribution is 5.38. The third kappa shape index (κ3) is 2.07. The maximum Gasteiger partial charge on any atom is 0.128 e. The molecule has 18 heavy (non-hydrogen) atoms. The Hall–Kier alpha value is -0.890. The molecule has 0 spiro atoms. The summed E-state index contributed by atoms with van der Waals surface area (Å²) >= 11 is 0. The van der Waals surface area contributed by atoms with Gasteiger partial charge in [-0.1, -0.05) is 25.3 Å². The van der Waals surface area contributed by atoms with Crippen molar-refractivity contribution in [3.05, 3.63) is 34.6 Å². The second-order valence-electron chi connectivity index (χ2n) is 6.02. The Labute approximate surface area is 109 Å². The number of hydrogen-bond acceptors (Lipinski definition) is 1. The number of nitrogens with two attached hydrogens (primary N) is 1. The van der Waals surface area contributed by atoms with E-state index in [-0.39, 0.29) is 5.82 Å². The summed E-state index contributed by atoms with van der Waals surface area (Å²) in [5.41, 5.74) is 9.40. The molecule has 1 nitrogen and oxygen atoms in total. The Morgan fingerprint density at radius 2 is 1.50 bits per heavy atom. The van der Waals surface area contributed by atoms with Crippen molar-refractivity contribution in [1.29, 1.82) is 0 Å². The van der Waals surface area contributed by atoms with Crippen LogP contribution in [0.2, 0.25) is 0 Å². The number of hydrogen-bond donors (Lipinski definition) is 1. The van der Waals surface area contributed by atoms with Crippen molar-refractivity contribution in [2.45, 2.75) is 63.3 Å². The minimum absolute atomic E-state index is 0.0694. The topological polar surface area (TPSA) is 26.0 Å². The molecular formula is C16H22FN. The first-order chi connectivity index (χ1) is 8.69. The van der Waals surface area contributed by atoms with Gasteiger partial charge in [0.1, 0.15) is 5.82 Å². The Morgan fingerprint density at radius 3 is 2.17 bits per heavy atom. The fourth-order valence-electron chi connectivity index (χ4n) is 3.59. The quantitative estimate of drug-likeness (QED) is 0.802. The van der Waals surface area contributed by atoms with Crippen molar-refractivity contribution < 1.29 is 4.39 Å². The largest absolute Gasteiger partial charge is 0.321 e. The zero-order valence-corrected chi connectivity index (χ0v) is 11.0. The fraction of sp³-hybridized carbons (Fsp3) is 0.625. The first kappa shape index (κ1) is 12.2. The molecule has 0 amide bonds.